The molecule has 14 heavy (non-hydrogen) atoms. The molecule has 0 heterocycles. The molecule has 0 radical (unpaired) electrons. The van der Waals surface area contributed by atoms with Crippen LogP contribution < -0.4 is 5.32 Å². The van der Waals surface area contributed by atoms with Crippen molar-refractivity contribution in [3.63, 3.8) is 0 Å². The predicted octanol–water partition coefficient (Wildman–Crippen LogP) is 3.18. The van der Waals surface area contributed by atoms with E-state index in [2.05, 4.69) is 53.3 Å². The van der Waals surface area contributed by atoms with Gasteiger partial charge in [0.15, 0.2) is 0 Å². The maximum Gasteiger partial charge on any atom is 0.0210 e. The third-order valence-corrected chi connectivity index (χ3v) is 2.99. The molecule has 0 saturated heterocycles. The van der Waals surface area contributed by atoms with Crippen LogP contribution in [0.25, 0.3) is 0 Å². The van der Waals surface area contributed by atoms with Gasteiger partial charge >= 0.3 is 0 Å². The molecule has 0 aliphatic heterocycles. The maximum absolute atomic E-state index is 3.45. The molecule has 0 bridgehead atoms. The summed E-state index contributed by atoms with van der Waals surface area (Å²) in [5, 5.41) is 4.53. The topological polar surface area (TPSA) is 12.0 Å². The van der Waals surface area contributed by atoms with Crippen molar-refractivity contribution in [3.8, 4) is 0 Å². The summed E-state index contributed by atoms with van der Waals surface area (Å²) >= 11 is 3.42. The minimum absolute atomic E-state index is 0.992. The van der Waals surface area contributed by atoms with Gasteiger partial charge < -0.3 is 5.32 Å². The first-order valence-corrected chi connectivity index (χ1v) is 6.19. The molecular weight excluding hydrogens is 238 g/mol. The average molecular weight is 256 g/mol. The van der Waals surface area contributed by atoms with E-state index >= 15 is 0 Å². The molecule has 1 aromatic carbocycles. The van der Waals surface area contributed by atoms with Gasteiger partial charge in [0, 0.05) is 11.9 Å². The highest BCUT2D eigenvalue weighted by atomic mass is 79.9. The minimum atomic E-state index is 0.992. The first kappa shape index (κ1) is 11.7. The Morgan fingerprint density at radius 1 is 1.21 bits per heavy atom. The lowest BCUT2D eigenvalue weighted by Crippen LogP contribution is -2.16. The number of halogens is 1. The first-order valence-electron chi connectivity index (χ1n) is 5.07. The molecule has 0 saturated carbocycles. The molecular formula is C12H18BrN. The fourth-order valence-electron chi connectivity index (χ4n) is 1.53. The predicted molar refractivity (Wildman–Crippen MR) is 66.0 cm³/mol. The Hall–Kier alpha value is -0.340. The zero-order chi connectivity index (χ0) is 10.4. The molecule has 0 spiro atoms. The van der Waals surface area contributed by atoms with E-state index in [9.17, 15) is 0 Å². The molecule has 78 valence electrons. The lowest BCUT2D eigenvalue weighted by Gasteiger charge is -2.10. The molecule has 0 aliphatic rings. The van der Waals surface area contributed by atoms with Crippen molar-refractivity contribution in [1.29, 1.82) is 0 Å². The molecule has 0 unspecified atom stereocenters. The van der Waals surface area contributed by atoms with Gasteiger partial charge in [0.1, 0.15) is 0 Å². The summed E-state index contributed by atoms with van der Waals surface area (Å²) < 4.78 is 0. The smallest absolute Gasteiger partial charge is 0.0210 e. The van der Waals surface area contributed by atoms with Crippen LogP contribution in [0.1, 0.15) is 23.1 Å². The van der Waals surface area contributed by atoms with Crippen molar-refractivity contribution >= 4 is 15.9 Å². The Kier molecular flexibility index (Phi) is 5.20. The number of aryl methyl sites for hydroxylation is 2. The van der Waals surface area contributed by atoms with Gasteiger partial charge in [0.2, 0.25) is 0 Å². The van der Waals surface area contributed by atoms with Crippen molar-refractivity contribution in [3.05, 3.63) is 34.9 Å². The van der Waals surface area contributed by atoms with Crippen molar-refractivity contribution < 1.29 is 0 Å². The van der Waals surface area contributed by atoms with Crippen molar-refractivity contribution in [2.24, 2.45) is 0 Å². The summed E-state index contributed by atoms with van der Waals surface area (Å²) in [5.41, 5.74) is 4.22. The Morgan fingerprint density at radius 3 is 2.43 bits per heavy atom. The van der Waals surface area contributed by atoms with Gasteiger partial charge in [0.05, 0.1) is 0 Å². The molecule has 1 aromatic rings. The van der Waals surface area contributed by atoms with Crippen LogP contribution in [0, 0.1) is 13.8 Å². The summed E-state index contributed by atoms with van der Waals surface area (Å²) in [6.45, 7) is 6.42. The molecule has 1 rings (SSSR count). The van der Waals surface area contributed by atoms with Crippen molar-refractivity contribution in [2.75, 3.05) is 11.9 Å². The second kappa shape index (κ2) is 6.20. The Bertz CT molecular complexity index is 263. The third-order valence-electron chi connectivity index (χ3n) is 2.43. The number of rotatable bonds is 5. The van der Waals surface area contributed by atoms with E-state index in [0.717, 1.165) is 18.4 Å². The van der Waals surface area contributed by atoms with E-state index in [4.69, 9.17) is 0 Å². The van der Waals surface area contributed by atoms with Crippen LogP contribution in [0.4, 0.5) is 0 Å². The number of alkyl halides is 1. The number of benzene rings is 1. The maximum atomic E-state index is 3.45. The molecule has 0 aromatic heterocycles. The highest BCUT2D eigenvalue weighted by Gasteiger charge is 2.00. The van der Waals surface area contributed by atoms with Gasteiger partial charge in [-0.25, -0.2) is 0 Å². The summed E-state index contributed by atoms with van der Waals surface area (Å²) in [4.78, 5) is 0. The van der Waals surface area contributed by atoms with Crippen molar-refractivity contribution in [1.82, 2.24) is 5.32 Å². The second-order valence-corrected chi connectivity index (χ2v) is 4.38. The Balaban J connectivity index is 2.49. The lowest BCUT2D eigenvalue weighted by molar-refractivity contribution is 0.675. The van der Waals surface area contributed by atoms with E-state index in [1.54, 1.807) is 0 Å². The monoisotopic (exact) mass is 255 g/mol. The Morgan fingerprint density at radius 2 is 1.86 bits per heavy atom. The van der Waals surface area contributed by atoms with Gasteiger partial charge in [-0.1, -0.05) is 34.1 Å². The standard InChI is InChI=1S/C12H18BrN/c1-10-5-3-6-11(2)12(10)9-14-8-4-7-13/h3,5-6,14H,4,7-9H2,1-2H3. The fraction of sp³-hybridized carbons (Fsp3) is 0.500. The molecule has 2 heteroatoms. The first-order chi connectivity index (χ1) is 6.75. The molecule has 0 atom stereocenters. The van der Waals surface area contributed by atoms with Crippen LogP contribution in [-0.2, 0) is 6.54 Å². The van der Waals surface area contributed by atoms with Crippen LogP contribution in [0.5, 0.6) is 0 Å². The highest BCUT2D eigenvalue weighted by molar-refractivity contribution is 9.09. The summed E-state index contributed by atoms with van der Waals surface area (Å²) in [6.07, 6.45) is 1.19. The largest absolute Gasteiger partial charge is 0.313 e. The average Bonchev–Trinajstić information content (AvgIpc) is 2.16. The second-order valence-electron chi connectivity index (χ2n) is 3.59. The van der Waals surface area contributed by atoms with E-state index in [-0.39, 0.29) is 0 Å². The molecule has 1 N–H and O–H groups in total. The van der Waals surface area contributed by atoms with Crippen LogP contribution >= 0.6 is 15.9 Å². The third kappa shape index (κ3) is 3.43. The fourth-order valence-corrected chi connectivity index (χ4v) is 1.81. The van der Waals surface area contributed by atoms with E-state index in [1.165, 1.54) is 23.1 Å². The molecule has 1 nitrogen and oxygen atoms in total. The van der Waals surface area contributed by atoms with Gasteiger partial charge in [0.25, 0.3) is 0 Å². The molecule has 0 aliphatic carbocycles. The van der Waals surface area contributed by atoms with Gasteiger partial charge in [-0.2, -0.15) is 0 Å². The zero-order valence-electron chi connectivity index (χ0n) is 8.94. The summed E-state index contributed by atoms with van der Waals surface area (Å²) in [7, 11) is 0. The zero-order valence-corrected chi connectivity index (χ0v) is 10.5. The summed E-state index contributed by atoms with van der Waals surface area (Å²) in [6, 6.07) is 6.47. The minimum Gasteiger partial charge on any atom is -0.313 e. The van der Waals surface area contributed by atoms with Crippen LogP contribution in [0.3, 0.4) is 0 Å². The Labute approximate surface area is 95.0 Å². The quantitative estimate of drug-likeness (QED) is 0.630. The van der Waals surface area contributed by atoms with Gasteiger partial charge in [-0.05, 0) is 43.5 Å². The number of hydrogen-bond acceptors (Lipinski definition) is 1. The van der Waals surface area contributed by atoms with Crippen LogP contribution in [0.15, 0.2) is 18.2 Å². The lowest BCUT2D eigenvalue weighted by atomic mass is 10.0. The highest BCUT2D eigenvalue weighted by Crippen LogP contribution is 2.12. The van der Waals surface area contributed by atoms with E-state index in [1.807, 2.05) is 0 Å². The van der Waals surface area contributed by atoms with Crippen LogP contribution in [0.2, 0.25) is 0 Å². The van der Waals surface area contributed by atoms with Crippen molar-refractivity contribution in [2.45, 2.75) is 26.8 Å². The summed E-state index contributed by atoms with van der Waals surface area (Å²) in [5.74, 6) is 0. The van der Waals surface area contributed by atoms with Gasteiger partial charge in [-0.15, -0.1) is 0 Å². The van der Waals surface area contributed by atoms with Crippen LogP contribution in [-0.4, -0.2) is 11.9 Å². The number of hydrogen-bond donors (Lipinski definition) is 1. The number of nitrogens with one attached hydrogen (secondary N) is 1. The molecule has 0 fully saturated rings. The van der Waals surface area contributed by atoms with E-state index in [0.29, 0.717) is 0 Å². The van der Waals surface area contributed by atoms with E-state index < -0.39 is 0 Å². The molecule has 0 amide bonds. The normalized spacial score (nSPS) is 10.5. The van der Waals surface area contributed by atoms with Gasteiger partial charge in [-0.3, -0.25) is 0 Å². The SMILES string of the molecule is Cc1cccc(C)c1CNCCCBr.